The van der Waals surface area contributed by atoms with Crippen LogP contribution in [-0.4, -0.2) is 49.6 Å². The summed E-state index contributed by atoms with van der Waals surface area (Å²) in [5, 5.41) is 16.5. The molecule has 1 aromatic heterocycles. The maximum Gasteiger partial charge on any atom is 0.242 e. The van der Waals surface area contributed by atoms with Gasteiger partial charge in [0, 0.05) is 25.4 Å². The summed E-state index contributed by atoms with van der Waals surface area (Å²) in [7, 11) is 3.06. The van der Waals surface area contributed by atoms with Crippen molar-refractivity contribution >= 4 is 17.8 Å². The quantitative estimate of drug-likeness (QED) is 0.242. The van der Waals surface area contributed by atoms with E-state index in [0.29, 0.717) is 36.4 Å². The summed E-state index contributed by atoms with van der Waals surface area (Å²) >= 11 is 0. The van der Waals surface area contributed by atoms with E-state index in [1.807, 2.05) is 42.5 Å². The fourth-order valence-electron chi connectivity index (χ4n) is 3.63. The van der Waals surface area contributed by atoms with Crippen molar-refractivity contribution < 1.29 is 19.1 Å². The molecule has 0 unspecified atom stereocenters. The van der Waals surface area contributed by atoms with E-state index >= 15 is 0 Å². The molecule has 0 aliphatic heterocycles. The standard InChI is InChI=1S/C27H31N5O4/c1-35-23-9-8-21(17-24(23)36-2)18-25(33)32-27(28)31-22(16-20-6-4-3-5-7-20)26(34)30-15-12-19-10-13-29-14-11-19/h3-11,13-14,17,22H,12,15-16,18H2,1-2H3,(H,30,34)(H3,28,31,32,33)/t22-/m1/s1. The van der Waals surface area contributed by atoms with Gasteiger partial charge in [0.25, 0.3) is 0 Å². The summed E-state index contributed by atoms with van der Waals surface area (Å²) in [5.41, 5.74) is 2.70. The molecule has 4 N–H and O–H groups in total. The number of carbonyl (C=O) groups is 2. The van der Waals surface area contributed by atoms with Crippen LogP contribution in [0.4, 0.5) is 0 Å². The molecular weight excluding hydrogens is 458 g/mol. The summed E-state index contributed by atoms with van der Waals surface area (Å²) in [6, 6.07) is 17.8. The van der Waals surface area contributed by atoms with Crippen LogP contribution in [0, 0.1) is 5.41 Å². The molecule has 0 radical (unpaired) electrons. The first-order chi connectivity index (χ1) is 17.5. The number of aromatic nitrogens is 1. The van der Waals surface area contributed by atoms with Crippen molar-refractivity contribution in [2.24, 2.45) is 0 Å². The second kappa shape index (κ2) is 13.5. The Kier molecular flexibility index (Phi) is 9.81. The number of carbonyl (C=O) groups excluding carboxylic acids is 2. The molecule has 0 bridgehead atoms. The number of rotatable bonds is 11. The van der Waals surface area contributed by atoms with E-state index in [1.165, 1.54) is 7.11 Å². The van der Waals surface area contributed by atoms with Gasteiger partial charge in [0.15, 0.2) is 17.5 Å². The molecule has 0 aliphatic rings. The number of ether oxygens (including phenoxy) is 2. The Hall–Kier alpha value is -4.40. The number of nitrogens with one attached hydrogen (secondary N) is 4. The molecule has 0 aliphatic carbocycles. The minimum Gasteiger partial charge on any atom is -0.493 e. The molecule has 0 spiro atoms. The zero-order chi connectivity index (χ0) is 25.8. The van der Waals surface area contributed by atoms with Crippen LogP contribution in [0.5, 0.6) is 11.5 Å². The molecule has 188 valence electrons. The van der Waals surface area contributed by atoms with E-state index < -0.39 is 11.9 Å². The van der Waals surface area contributed by atoms with Crippen LogP contribution in [0.25, 0.3) is 0 Å². The fraction of sp³-hybridized carbons (Fsp3) is 0.259. The zero-order valence-electron chi connectivity index (χ0n) is 20.4. The summed E-state index contributed by atoms with van der Waals surface area (Å²) in [6.07, 6.45) is 4.47. The van der Waals surface area contributed by atoms with Crippen molar-refractivity contribution in [3.63, 3.8) is 0 Å². The van der Waals surface area contributed by atoms with Crippen LogP contribution in [0.15, 0.2) is 73.1 Å². The van der Waals surface area contributed by atoms with Gasteiger partial charge < -0.3 is 20.1 Å². The largest absolute Gasteiger partial charge is 0.493 e. The van der Waals surface area contributed by atoms with E-state index in [2.05, 4.69) is 20.9 Å². The second-order valence-corrected chi connectivity index (χ2v) is 8.07. The normalized spacial score (nSPS) is 11.2. The van der Waals surface area contributed by atoms with Gasteiger partial charge in [-0.2, -0.15) is 0 Å². The van der Waals surface area contributed by atoms with E-state index in [1.54, 1.807) is 37.7 Å². The van der Waals surface area contributed by atoms with Gasteiger partial charge in [0.2, 0.25) is 11.8 Å². The monoisotopic (exact) mass is 489 g/mol. The van der Waals surface area contributed by atoms with E-state index in [4.69, 9.17) is 14.9 Å². The van der Waals surface area contributed by atoms with Crippen molar-refractivity contribution in [2.45, 2.75) is 25.3 Å². The molecular formula is C27H31N5O4. The van der Waals surface area contributed by atoms with Crippen LogP contribution >= 0.6 is 0 Å². The van der Waals surface area contributed by atoms with Crippen molar-refractivity contribution in [1.29, 1.82) is 5.41 Å². The maximum atomic E-state index is 13.0. The van der Waals surface area contributed by atoms with E-state index in [-0.39, 0.29) is 18.3 Å². The average Bonchev–Trinajstić information content (AvgIpc) is 2.89. The maximum absolute atomic E-state index is 13.0. The Bertz CT molecular complexity index is 1160. The third-order valence-corrected chi connectivity index (χ3v) is 5.46. The SMILES string of the molecule is COc1ccc(CC(=O)NC(=N)N[C@H](Cc2ccccc2)C(=O)NCCc2ccncc2)cc1OC. The molecule has 2 amide bonds. The molecule has 2 aromatic carbocycles. The minimum absolute atomic E-state index is 0.0336. The predicted molar refractivity (Wildman–Crippen MR) is 137 cm³/mol. The molecule has 0 saturated carbocycles. The fourth-order valence-corrected chi connectivity index (χ4v) is 3.63. The molecule has 0 fully saturated rings. The lowest BCUT2D eigenvalue weighted by molar-refractivity contribution is -0.123. The average molecular weight is 490 g/mol. The number of amides is 2. The smallest absolute Gasteiger partial charge is 0.242 e. The van der Waals surface area contributed by atoms with Crippen molar-refractivity contribution in [3.8, 4) is 11.5 Å². The van der Waals surface area contributed by atoms with Gasteiger partial charge >= 0.3 is 0 Å². The summed E-state index contributed by atoms with van der Waals surface area (Å²) < 4.78 is 10.5. The number of methoxy groups -OCH3 is 2. The number of pyridine rings is 1. The second-order valence-electron chi connectivity index (χ2n) is 8.07. The van der Waals surface area contributed by atoms with Gasteiger partial charge in [-0.1, -0.05) is 36.4 Å². The van der Waals surface area contributed by atoms with Crippen LogP contribution in [0.1, 0.15) is 16.7 Å². The van der Waals surface area contributed by atoms with Crippen LogP contribution in [0.3, 0.4) is 0 Å². The highest BCUT2D eigenvalue weighted by atomic mass is 16.5. The number of benzene rings is 2. The first kappa shape index (κ1) is 26.2. The van der Waals surface area contributed by atoms with Crippen LogP contribution in [-0.2, 0) is 28.9 Å². The van der Waals surface area contributed by atoms with Gasteiger partial charge in [-0.25, -0.2) is 0 Å². The predicted octanol–water partition coefficient (Wildman–Crippen LogP) is 2.25. The van der Waals surface area contributed by atoms with Crippen molar-refractivity contribution in [3.05, 3.63) is 89.7 Å². The molecule has 36 heavy (non-hydrogen) atoms. The Balaban J connectivity index is 1.58. The summed E-state index contributed by atoms with van der Waals surface area (Å²) in [5.74, 6) is 0.186. The Morgan fingerprint density at radius 2 is 1.64 bits per heavy atom. The minimum atomic E-state index is -0.737. The van der Waals surface area contributed by atoms with E-state index in [0.717, 1.165) is 11.1 Å². The number of nitrogens with zero attached hydrogens (tertiary/aromatic N) is 1. The van der Waals surface area contributed by atoms with Gasteiger partial charge in [-0.15, -0.1) is 0 Å². The molecule has 1 heterocycles. The highest BCUT2D eigenvalue weighted by molar-refractivity contribution is 5.98. The number of hydrogen-bond donors (Lipinski definition) is 4. The van der Waals surface area contributed by atoms with Crippen molar-refractivity contribution in [1.82, 2.24) is 20.9 Å². The Labute approximate surface area is 210 Å². The molecule has 1 atom stereocenters. The van der Waals surface area contributed by atoms with Gasteiger partial charge in [0.05, 0.1) is 20.6 Å². The molecule has 9 heteroatoms. The third kappa shape index (κ3) is 8.12. The topological polar surface area (TPSA) is 125 Å². The first-order valence-corrected chi connectivity index (χ1v) is 11.5. The molecule has 0 saturated heterocycles. The summed E-state index contributed by atoms with van der Waals surface area (Å²) in [4.78, 5) is 29.5. The molecule has 3 aromatic rings. The van der Waals surface area contributed by atoms with Crippen LogP contribution in [0.2, 0.25) is 0 Å². The van der Waals surface area contributed by atoms with E-state index in [9.17, 15) is 9.59 Å². The van der Waals surface area contributed by atoms with Crippen LogP contribution < -0.4 is 25.4 Å². The molecule has 3 rings (SSSR count). The highest BCUT2D eigenvalue weighted by Crippen LogP contribution is 2.27. The van der Waals surface area contributed by atoms with Crippen molar-refractivity contribution in [2.75, 3.05) is 20.8 Å². The lowest BCUT2D eigenvalue weighted by Gasteiger charge is -2.20. The van der Waals surface area contributed by atoms with Gasteiger partial charge in [-0.05, 0) is 47.4 Å². The highest BCUT2D eigenvalue weighted by Gasteiger charge is 2.21. The Morgan fingerprint density at radius 1 is 0.917 bits per heavy atom. The Morgan fingerprint density at radius 3 is 2.33 bits per heavy atom. The first-order valence-electron chi connectivity index (χ1n) is 11.5. The lowest BCUT2D eigenvalue weighted by Crippen LogP contribution is -2.52. The molecule has 9 nitrogen and oxygen atoms in total. The third-order valence-electron chi connectivity index (χ3n) is 5.46. The number of hydrogen-bond acceptors (Lipinski definition) is 6. The number of guanidine groups is 1. The van der Waals surface area contributed by atoms with Gasteiger partial charge in [-0.3, -0.25) is 25.3 Å². The van der Waals surface area contributed by atoms with Gasteiger partial charge in [0.1, 0.15) is 6.04 Å². The summed E-state index contributed by atoms with van der Waals surface area (Å²) in [6.45, 7) is 0.439. The lowest BCUT2D eigenvalue weighted by atomic mass is 10.1. The zero-order valence-corrected chi connectivity index (χ0v) is 20.4.